The number of piperidine rings is 1. The normalized spacial score (nSPS) is 23.1. The molecule has 4 nitrogen and oxygen atoms in total. The average molecular weight is 288 g/mol. The van der Waals surface area contributed by atoms with Gasteiger partial charge in [-0.3, -0.25) is 0 Å². The van der Waals surface area contributed by atoms with Crippen molar-refractivity contribution in [3.63, 3.8) is 0 Å². The van der Waals surface area contributed by atoms with Crippen LogP contribution in [-0.2, 0) is 0 Å². The van der Waals surface area contributed by atoms with Crippen LogP contribution in [0.3, 0.4) is 0 Å². The molecule has 0 aromatic carbocycles. The highest BCUT2D eigenvalue weighted by Crippen LogP contribution is 2.36. The molecule has 2 aromatic rings. The fourth-order valence-corrected chi connectivity index (χ4v) is 3.89. The van der Waals surface area contributed by atoms with Crippen molar-refractivity contribution in [2.45, 2.75) is 31.7 Å². The topological polar surface area (TPSA) is 41.1 Å². The highest BCUT2D eigenvalue weighted by molar-refractivity contribution is 7.16. The van der Waals surface area contributed by atoms with Crippen molar-refractivity contribution >= 4 is 27.4 Å². The lowest BCUT2D eigenvalue weighted by atomic mass is 9.99. The Morgan fingerprint density at radius 1 is 1.30 bits per heavy atom. The highest BCUT2D eigenvalue weighted by atomic mass is 32.1. The number of hydrogen-bond donors (Lipinski definition) is 1. The van der Waals surface area contributed by atoms with E-state index in [9.17, 15) is 0 Å². The molecule has 5 heteroatoms. The summed E-state index contributed by atoms with van der Waals surface area (Å²) in [5, 5.41) is 6.88. The van der Waals surface area contributed by atoms with Crippen LogP contribution in [0.15, 0.2) is 17.8 Å². The molecule has 3 heterocycles. The molecule has 1 aliphatic carbocycles. The molecule has 1 N–H and O–H groups in total. The van der Waals surface area contributed by atoms with Crippen molar-refractivity contribution in [2.75, 3.05) is 24.5 Å². The monoisotopic (exact) mass is 288 g/mol. The summed E-state index contributed by atoms with van der Waals surface area (Å²) in [5.41, 5.74) is 0. The third kappa shape index (κ3) is 2.40. The maximum atomic E-state index is 4.61. The number of fused-ring (bicyclic) bond motifs is 1. The molecule has 0 radical (unpaired) electrons. The molecule has 4 rings (SSSR count). The van der Waals surface area contributed by atoms with Crippen LogP contribution in [0.1, 0.15) is 25.7 Å². The Kier molecular flexibility index (Phi) is 3.32. The number of anilines is 1. The molecule has 2 aliphatic rings. The van der Waals surface area contributed by atoms with E-state index in [1.807, 2.05) is 0 Å². The zero-order chi connectivity index (χ0) is 13.4. The Balaban J connectivity index is 1.63. The van der Waals surface area contributed by atoms with Crippen LogP contribution in [0, 0.1) is 5.92 Å². The van der Waals surface area contributed by atoms with Crippen LogP contribution >= 0.6 is 11.3 Å². The number of thiophene rings is 1. The van der Waals surface area contributed by atoms with E-state index in [-0.39, 0.29) is 0 Å². The summed E-state index contributed by atoms with van der Waals surface area (Å²) in [5.74, 6) is 1.91. The van der Waals surface area contributed by atoms with Crippen molar-refractivity contribution in [3.05, 3.63) is 17.8 Å². The van der Waals surface area contributed by atoms with Crippen molar-refractivity contribution in [1.29, 1.82) is 0 Å². The van der Waals surface area contributed by atoms with Crippen molar-refractivity contribution in [2.24, 2.45) is 5.92 Å². The molecule has 2 fully saturated rings. The molecule has 1 saturated heterocycles. The summed E-state index contributed by atoms with van der Waals surface area (Å²) in [6, 6.07) is 2.87. The lowest BCUT2D eigenvalue weighted by Gasteiger charge is -2.31. The first-order chi connectivity index (χ1) is 9.92. The lowest BCUT2D eigenvalue weighted by Crippen LogP contribution is -2.39. The van der Waals surface area contributed by atoms with E-state index in [0.29, 0.717) is 6.04 Å². The SMILES string of the molecule is c1nc(N(CC2CCCNC2)C2CC2)c2ccsc2n1. The second kappa shape index (κ2) is 5.30. The van der Waals surface area contributed by atoms with Gasteiger partial charge in [-0.05, 0) is 56.1 Å². The molecule has 2 aromatic heterocycles. The molecular formula is C15H20N4S. The number of hydrogen-bond acceptors (Lipinski definition) is 5. The molecule has 106 valence electrons. The van der Waals surface area contributed by atoms with Gasteiger partial charge in [0.2, 0.25) is 0 Å². The average Bonchev–Trinajstić information content (AvgIpc) is 3.22. The summed E-state index contributed by atoms with van der Waals surface area (Å²) in [6.45, 7) is 3.48. The van der Waals surface area contributed by atoms with Gasteiger partial charge in [-0.2, -0.15) is 0 Å². The summed E-state index contributed by atoms with van der Waals surface area (Å²) >= 11 is 1.71. The minimum Gasteiger partial charge on any atom is -0.353 e. The summed E-state index contributed by atoms with van der Waals surface area (Å²) in [7, 11) is 0. The first-order valence-electron chi connectivity index (χ1n) is 7.57. The molecule has 0 bridgehead atoms. The smallest absolute Gasteiger partial charge is 0.141 e. The van der Waals surface area contributed by atoms with Crippen LogP contribution in [0.2, 0.25) is 0 Å². The maximum Gasteiger partial charge on any atom is 0.141 e. The summed E-state index contributed by atoms with van der Waals surface area (Å²) < 4.78 is 0. The predicted molar refractivity (Wildman–Crippen MR) is 83.4 cm³/mol. The van der Waals surface area contributed by atoms with Crippen LogP contribution < -0.4 is 10.2 Å². The van der Waals surface area contributed by atoms with Crippen molar-refractivity contribution in [3.8, 4) is 0 Å². The third-order valence-electron chi connectivity index (χ3n) is 4.35. The van der Waals surface area contributed by atoms with Gasteiger partial charge in [0, 0.05) is 12.6 Å². The van der Waals surface area contributed by atoms with Gasteiger partial charge in [-0.1, -0.05) is 0 Å². The Morgan fingerprint density at radius 3 is 3.05 bits per heavy atom. The van der Waals surface area contributed by atoms with E-state index in [0.717, 1.165) is 29.7 Å². The van der Waals surface area contributed by atoms with Gasteiger partial charge in [-0.15, -0.1) is 11.3 Å². The van der Waals surface area contributed by atoms with Gasteiger partial charge >= 0.3 is 0 Å². The molecule has 1 atom stereocenters. The Bertz CT molecular complexity index is 586. The minimum absolute atomic E-state index is 0.704. The van der Waals surface area contributed by atoms with E-state index in [1.54, 1.807) is 17.7 Å². The first kappa shape index (κ1) is 12.5. The Morgan fingerprint density at radius 2 is 2.25 bits per heavy atom. The summed E-state index contributed by atoms with van der Waals surface area (Å²) in [4.78, 5) is 12.6. The number of rotatable bonds is 4. The zero-order valence-electron chi connectivity index (χ0n) is 11.6. The molecular weight excluding hydrogens is 268 g/mol. The van der Waals surface area contributed by atoms with Crippen molar-refractivity contribution in [1.82, 2.24) is 15.3 Å². The largest absolute Gasteiger partial charge is 0.353 e. The number of nitrogens with one attached hydrogen (secondary N) is 1. The van der Waals surface area contributed by atoms with E-state index in [1.165, 1.54) is 37.6 Å². The molecule has 1 unspecified atom stereocenters. The fourth-order valence-electron chi connectivity index (χ4n) is 3.16. The maximum absolute atomic E-state index is 4.61. The van der Waals surface area contributed by atoms with Crippen LogP contribution in [-0.4, -0.2) is 35.6 Å². The predicted octanol–water partition coefficient (Wildman–Crippen LogP) is 2.66. The molecule has 1 saturated carbocycles. The first-order valence-corrected chi connectivity index (χ1v) is 8.45. The van der Waals surface area contributed by atoms with Crippen LogP contribution in [0.5, 0.6) is 0 Å². The van der Waals surface area contributed by atoms with Gasteiger partial charge in [0.15, 0.2) is 0 Å². The van der Waals surface area contributed by atoms with Crippen molar-refractivity contribution < 1.29 is 0 Å². The number of nitrogens with zero attached hydrogens (tertiary/aromatic N) is 3. The summed E-state index contributed by atoms with van der Waals surface area (Å²) in [6.07, 6.45) is 7.00. The van der Waals surface area contributed by atoms with E-state index in [2.05, 4.69) is 31.6 Å². The van der Waals surface area contributed by atoms with Gasteiger partial charge in [0.1, 0.15) is 17.0 Å². The van der Waals surface area contributed by atoms with E-state index in [4.69, 9.17) is 0 Å². The second-order valence-electron chi connectivity index (χ2n) is 5.93. The third-order valence-corrected chi connectivity index (χ3v) is 5.17. The van der Waals surface area contributed by atoms with E-state index >= 15 is 0 Å². The zero-order valence-corrected chi connectivity index (χ0v) is 12.4. The Hall–Kier alpha value is -1.20. The minimum atomic E-state index is 0.704. The molecule has 20 heavy (non-hydrogen) atoms. The second-order valence-corrected chi connectivity index (χ2v) is 6.83. The standard InChI is InChI=1S/C15H20N4S/c1-2-11(8-16-6-1)9-19(12-3-4-12)14-13-5-7-20-15(13)18-10-17-14/h5,7,10-12,16H,1-4,6,8-9H2. The van der Waals surface area contributed by atoms with Gasteiger partial charge < -0.3 is 10.2 Å². The molecule has 1 aliphatic heterocycles. The Labute approximate surface area is 123 Å². The molecule has 0 spiro atoms. The van der Waals surface area contributed by atoms with Gasteiger partial charge in [0.05, 0.1) is 5.39 Å². The highest BCUT2D eigenvalue weighted by Gasteiger charge is 2.33. The van der Waals surface area contributed by atoms with Gasteiger partial charge in [0.25, 0.3) is 0 Å². The molecule has 0 amide bonds. The fraction of sp³-hybridized carbons (Fsp3) is 0.600. The van der Waals surface area contributed by atoms with Crippen LogP contribution in [0.4, 0.5) is 5.82 Å². The van der Waals surface area contributed by atoms with E-state index < -0.39 is 0 Å². The van der Waals surface area contributed by atoms with Crippen LogP contribution in [0.25, 0.3) is 10.2 Å². The van der Waals surface area contributed by atoms with Gasteiger partial charge in [-0.25, -0.2) is 9.97 Å². The quantitative estimate of drug-likeness (QED) is 0.939. The lowest BCUT2D eigenvalue weighted by molar-refractivity contribution is 0.375. The number of aromatic nitrogens is 2.